The van der Waals surface area contributed by atoms with Gasteiger partial charge in [0, 0.05) is 103 Å². The Morgan fingerprint density at radius 3 is 1.85 bits per heavy atom. The molecular formula is C25H61N9. The van der Waals surface area contributed by atoms with Crippen molar-refractivity contribution in [3.8, 4) is 0 Å². The number of likely N-dealkylation sites (N-methyl/N-ethyl adjacent to an activating group) is 1. The number of nitrogens with zero attached hydrogens (tertiary/aromatic N) is 3. The zero-order chi connectivity index (χ0) is 25.8. The molecule has 0 aromatic carbocycles. The van der Waals surface area contributed by atoms with Crippen molar-refractivity contribution in [2.24, 2.45) is 23.1 Å². The van der Waals surface area contributed by atoms with E-state index in [0.29, 0.717) is 31.6 Å². The highest BCUT2D eigenvalue weighted by Gasteiger charge is 2.20. The van der Waals surface area contributed by atoms with Crippen molar-refractivity contribution in [1.82, 2.24) is 30.7 Å². The number of nitrogens with two attached hydrogens (primary N) is 3. The maximum atomic E-state index is 6.00. The first-order valence-corrected chi connectivity index (χ1v) is 13.6. The van der Waals surface area contributed by atoms with Crippen LogP contribution in [0.5, 0.6) is 0 Å². The zero-order valence-electron chi connectivity index (χ0n) is 23.5. The maximum absolute atomic E-state index is 6.00. The molecule has 34 heavy (non-hydrogen) atoms. The molecule has 0 saturated heterocycles. The largest absolute Gasteiger partial charge is 0.330 e. The van der Waals surface area contributed by atoms with Crippen molar-refractivity contribution in [3.05, 3.63) is 0 Å². The number of hydrogen-bond donors (Lipinski definition) is 6. The molecule has 0 aliphatic carbocycles. The molecule has 0 radical (unpaired) electrons. The van der Waals surface area contributed by atoms with E-state index < -0.39 is 0 Å². The second-order valence-corrected chi connectivity index (χ2v) is 10.3. The SMILES string of the molecule is CCC(C)(C)NCCN(CCN)CCNCCN(CCN(CCN)CCNC)C(C)C(C)CN. The average molecular weight is 488 g/mol. The minimum Gasteiger partial charge on any atom is -0.330 e. The van der Waals surface area contributed by atoms with E-state index in [9.17, 15) is 0 Å². The fraction of sp³-hybridized carbons (Fsp3) is 1.00. The van der Waals surface area contributed by atoms with Crippen LogP contribution in [0.25, 0.3) is 0 Å². The molecule has 0 amide bonds. The van der Waals surface area contributed by atoms with Gasteiger partial charge in [-0.15, -0.1) is 0 Å². The van der Waals surface area contributed by atoms with Crippen LogP contribution in [0.3, 0.4) is 0 Å². The van der Waals surface area contributed by atoms with Crippen molar-refractivity contribution in [2.75, 3.05) is 105 Å². The van der Waals surface area contributed by atoms with Crippen LogP contribution in [0.2, 0.25) is 0 Å². The first-order chi connectivity index (χ1) is 16.2. The average Bonchev–Trinajstić information content (AvgIpc) is 2.82. The minimum absolute atomic E-state index is 0.195. The first-order valence-electron chi connectivity index (χ1n) is 13.6. The van der Waals surface area contributed by atoms with E-state index in [-0.39, 0.29) is 5.54 Å². The third kappa shape index (κ3) is 16.3. The molecule has 9 N–H and O–H groups in total. The van der Waals surface area contributed by atoms with Crippen molar-refractivity contribution >= 4 is 0 Å². The van der Waals surface area contributed by atoms with Crippen LogP contribution in [0.15, 0.2) is 0 Å². The van der Waals surface area contributed by atoms with Gasteiger partial charge in [0.05, 0.1) is 0 Å². The predicted molar refractivity (Wildman–Crippen MR) is 149 cm³/mol. The molecule has 2 atom stereocenters. The van der Waals surface area contributed by atoms with E-state index in [1.165, 1.54) is 0 Å². The fourth-order valence-electron chi connectivity index (χ4n) is 3.91. The van der Waals surface area contributed by atoms with Crippen LogP contribution >= 0.6 is 0 Å². The van der Waals surface area contributed by atoms with Gasteiger partial charge in [0.25, 0.3) is 0 Å². The Morgan fingerprint density at radius 1 is 0.735 bits per heavy atom. The third-order valence-corrected chi connectivity index (χ3v) is 7.14. The van der Waals surface area contributed by atoms with Gasteiger partial charge in [0.15, 0.2) is 0 Å². The van der Waals surface area contributed by atoms with Crippen LogP contribution < -0.4 is 33.2 Å². The normalized spacial score (nSPS) is 14.5. The Kier molecular flexibility index (Phi) is 20.6. The van der Waals surface area contributed by atoms with Crippen molar-refractivity contribution in [3.63, 3.8) is 0 Å². The van der Waals surface area contributed by atoms with Crippen molar-refractivity contribution in [2.45, 2.75) is 52.6 Å². The molecule has 0 spiro atoms. The number of rotatable bonds is 24. The maximum Gasteiger partial charge on any atom is 0.0123 e. The Balaban J connectivity index is 4.56. The Morgan fingerprint density at radius 2 is 1.29 bits per heavy atom. The predicted octanol–water partition coefficient (Wildman–Crippen LogP) is -0.620. The smallest absolute Gasteiger partial charge is 0.0123 e. The van der Waals surface area contributed by atoms with Crippen LogP contribution in [0.4, 0.5) is 0 Å². The second-order valence-electron chi connectivity index (χ2n) is 10.3. The minimum atomic E-state index is 0.195. The van der Waals surface area contributed by atoms with Gasteiger partial charge in [-0.1, -0.05) is 13.8 Å². The standard InChI is InChI=1S/C25H61N9/c1-7-25(4,5)31-13-18-32(14-8-26)17-11-30-12-19-34(24(3)23(2)22-28)21-20-33(15-9-27)16-10-29-6/h23-24,29-31H,7-22,26-28H2,1-6H3. The molecule has 0 saturated carbocycles. The van der Waals surface area contributed by atoms with E-state index in [1.54, 1.807) is 0 Å². The summed E-state index contributed by atoms with van der Waals surface area (Å²) in [6.45, 7) is 25.4. The van der Waals surface area contributed by atoms with E-state index in [4.69, 9.17) is 17.2 Å². The molecule has 0 heterocycles. The molecule has 0 fully saturated rings. The van der Waals surface area contributed by atoms with Crippen LogP contribution in [-0.4, -0.2) is 131 Å². The molecule has 206 valence electrons. The summed E-state index contributed by atoms with van der Waals surface area (Å²) in [6.07, 6.45) is 1.13. The summed E-state index contributed by atoms with van der Waals surface area (Å²) in [5.41, 5.74) is 17.9. The Bertz CT molecular complexity index is 450. The summed E-state index contributed by atoms with van der Waals surface area (Å²) in [7, 11) is 2.00. The molecule has 0 aliphatic heterocycles. The molecule has 0 bridgehead atoms. The third-order valence-electron chi connectivity index (χ3n) is 7.14. The van der Waals surface area contributed by atoms with Gasteiger partial charge in [0.2, 0.25) is 0 Å². The zero-order valence-corrected chi connectivity index (χ0v) is 23.5. The highest BCUT2D eigenvalue weighted by atomic mass is 15.2. The van der Waals surface area contributed by atoms with E-state index >= 15 is 0 Å². The molecule has 9 heteroatoms. The highest BCUT2D eigenvalue weighted by molar-refractivity contribution is 4.77. The van der Waals surface area contributed by atoms with Gasteiger partial charge in [-0.05, 0) is 46.7 Å². The number of hydrogen-bond acceptors (Lipinski definition) is 9. The lowest BCUT2D eigenvalue weighted by atomic mass is 10.0. The highest BCUT2D eigenvalue weighted by Crippen LogP contribution is 2.10. The van der Waals surface area contributed by atoms with Gasteiger partial charge in [-0.2, -0.15) is 0 Å². The fourth-order valence-corrected chi connectivity index (χ4v) is 3.91. The first kappa shape index (κ1) is 33.6. The molecular weight excluding hydrogens is 426 g/mol. The lowest BCUT2D eigenvalue weighted by molar-refractivity contribution is 0.139. The van der Waals surface area contributed by atoms with Crippen LogP contribution in [-0.2, 0) is 0 Å². The molecule has 0 aromatic heterocycles. The van der Waals surface area contributed by atoms with E-state index in [2.05, 4.69) is 65.3 Å². The summed E-state index contributed by atoms with van der Waals surface area (Å²) in [4.78, 5) is 7.49. The summed E-state index contributed by atoms with van der Waals surface area (Å²) < 4.78 is 0. The van der Waals surface area contributed by atoms with Crippen LogP contribution in [0, 0.1) is 5.92 Å². The quantitative estimate of drug-likeness (QED) is 0.0989. The van der Waals surface area contributed by atoms with E-state index in [1.807, 2.05) is 7.05 Å². The summed E-state index contributed by atoms with van der Waals surface area (Å²) in [5.74, 6) is 0.472. The van der Waals surface area contributed by atoms with Gasteiger partial charge in [0.1, 0.15) is 0 Å². The van der Waals surface area contributed by atoms with Crippen molar-refractivity contribution < 1.29 is 0 Å². The molecule has 0 aromatic rings. The monoisotopic (exact) mass is 488 g/mol. The number of nitrogens with one attached hydrogen (secondary N) is 3. The Hall–Kier alpha value is -0.360. The Labute approximate surface area is 211 Å². The molecule has 0 aliphatic rings. The van der Waals surface area contributed by atoms with E-state index in [0.717, 1.165) is 85.0 Å². The summed E-state index contributed by atoms with van der Waals surface area (Å²) in [6, 6.07) is 0.456. The lowest BCUT2D eigenvalue weighted by Gasteiger charge is -2.35. The molecule has 0 rings (SSSR count). The summed E-state index contributed by atoms with van der Waals surface area (Å²) in [5, 5.41) is 10.6. The van der Waals surface area contributed by atoms with Gasteiger partial charge >= 0.3 is 0 Å². The van der Waals surface area contributed by atoms with Crippen LogP contribution in [0.1, 0.15) is 41.0 Å². The molecule has 2 unspecified atom stereocenters. The topological polar surface area (TPSA) is 124 Å². The second kappa shape index (κ2) is 20.8. The van der Waals surface area contributed by atoms with Crippen molar-refractivity contribution in [1.29, 1.82) is 0 Å². The van der Waals surface area contributed by atoms with Gasteiger partial charge in [-0.25, -0.2) is 0 Å². The lowest BCUT2D eigenvalue weighted by Crippen LogP contribution is -2.48. The molecule has 9 nitrogen and oxygen atoms in total. The van der Waals surface area contributed by atoms with Gasteiger partial charge < -0.3 is 33.2 Å². The summed E-state index contributed by atoms with van der Waals surface area (Å²) >= 11 is 0. The van der Waals surface area contributed by atoms with Gasteiger partial charge in [-0.3, -0.25) is 14.7 Å².